The Balaban J connectivity index is 1.14. The Morgan fingerprint density at radius 3 is 1.36 bits per heavy atom. The fraction of sp³-hybridized carbons (Fsp3) is 0. The molecule has 0 atom stereocenters. The lowest BCUT2D eigenvalue weighted by Gasteiger charge is -2.29. The van der Waals surface area contributed by atoms with Gasteiger partial charge in [-0.3, -0.25) is 0 Å². The van der Waals surface area contributed by atoms with E-state index in [2.05, 4.69) is 241 Å². The van der Waals surface area contributed by atoms with Gasteiger partial charge in [-0.05, 0) is 118 Å². The largest absolute Gasteiger partial charge is 0.310 e. The SMILES string of the molecule is c1ccc(-c2ccc(N(c3ccc(-c4ccc5ccccc5c4-c4ccccc4)cc3)c3ccc4c5ccccc5c5ccccc5c4c3)c(-c3ccccc3)c2)cc1. The third-order valence-corrected chi connectivity index (χ3v) is 11.8. The maximum absolute atomic E-state index is 2.45. The van der Waals surface area contributed by atoms with E-state index in [1.54, 1.807) is 0 Å². The molecule has 0 amide bonds. The molecule has 11 aromatic rings. The molecule has 11 rings (SSSR count). The summed E-state index contributed by atoms with van der Waals surface area (Å²) in [5.41, 5.74) is 12.9. The zero-order valence-corrected chi connectivity index (χ0v) is 32.5. The Kier molecular flexibility index (Phi) is 8.56. The molecule has 0 N–H and O–H groups in total. The first-order valence-electron chi connectivity index (χ1n) is 20.3. The van der Waals surface area contributed by atoms with Crippen LogP contribution in [0.15, 0.2) is 237 Å². The fourth-order valence-electron chi connectivity index (χ4n) is 9.07. The molecule has 276 valence electrons. The van der Waals surface area contributed by atoms with Crippen LogP contribution in [0.2, 0.25) is 0 Å². The number of rotatable bonds is 7. The van der Waals surface area contributed by atoms with Crippen LogP contribution in [0.4, 0.5) is 17.1 Å². The smallest absolute Gasteiger partial charge is 0.0540 e. The van der Waals surface area contributed by atoms with E-state index in [-0.39, 0.29) is 0 Å². The lowest BCUT2D eigenvalue weighted by molar-refractivity contribution is 1.29. The zero-order valence-electron chi connectivity index (χ0n) is 32.5. The van der Waals surface area contributed by atoms with Crippen LogP contribution < -0.4 is 4.90 Å². The zero-order chi connectivity index (χ0) is 39.1. The van der Waals surface area contributed by atoms with Gasteiger partial charge in [0, 0.05) is 16.9 Å². The normalized spacial score (nSPS) is 11.4. The highest BCUT2D eigenvalue weighted by Crippen LogP contribution is 2.46. The molecule has 0 saturated carbocycles. The van der Waals surface area contributed by atoms with Crippen molar-refractivity contribution in [3.63, 3.8) is 0 Å². The Morgan fingerprint density at radius 1 is 0.237 bits per heavy atom. The van der Waals surface area contributed by atoms with Gasteiger partial charge in [0.25, 0.3) is 0 Å². The minimum atomic E-state index is 1.09. The van der Waals surface area contributed by atoms with Crippen LogP contribution in [0, 0.1) is 0 Å². The van der Waals surface area contributed by atoms with Crippen molar-refractivity contribution in [2.75, 3.05) is 4.90 Å². The van der Waals surface area contributed by atoms with Gasteiger partial charge in [-0.25, -0.2) is 0 Å². The van der Waals surface area contributed by atoms with E-state index in [1.807, 2.05) is 0 Å². The van der Waals surface area contributed by atoms with Gasteiger partial charge in [0.05, 0.1) is 5.69 Å². The fourth-order valence-corrected chi connectivity index (χ4v) is 9.07. The first-order chi connectivity index (χ1) is 29.3. The van der Waals surface area contributed by atoms with Crippen molar-refractivity contribution in [3.05, 3.63) is 237 Å². The average Bonchev–Trinajstić information content (AvgIpc) is 3.32. The molecule has 0 bridgehead atoms. The monoisotopic (exact) mass is 749 g/mol. The first-order valence-corrected chi connectivity index (χ1v) is 20.3. The third kappa shape index (κ3) is 6.12. The molecule has 59 heavy (non-hydrogen) atoms. The minimum absolute atomic E-state index is 1.09. The second-order valence-electron chi connectivity index (χ2n) is 15.2. The molecule has 0 aromatic heterocycles. The molecule has 1 heteroatoms. The highest BCUT2D eigenvalue weighted by atomic mass is 15.1. The van der Waals surface area contributed by atoms with Gasteiger partial charge in [0.15, 0.2) is 0 Å². The second kappa shape index (κ2) is 14.6. The predicted molar refractivity (Wildman–Crippen MR) is 253 cm³/mol. The summed E-state index contributed by atoms with van der Waals surface area (Å²) >= 11 is 0. The highest BCUT2D eigenvalue weighted by molar-refractivity contribution is 6.26. The van der Waals surface area contributed by atoms with E-state index in [0.29, 0.717) is 0 Å². The van der Waals surface area contributed by atoms with Crippen molar-refractivity contribution in [2.45, 2.75) is 0 Å². The summed E-state index contributed by atoms with van der Waals surface area (Å²) in [6.45, 7) is 0. The number of fused-ring (bicyclic) bond motifs is 7. The van der Waals surface area contributed by atoms with E-state index in [9.17, 15) is 0 Å². The summed E-state index contributed by atoms with van der Waals surface area (Å²) in [5.74, 6) is 0. The molecule has 0 heterocycles. The maximum Gasteiger partial charge on any atom is 0.0540 e. The first kappa shape index (κ1) is 34.5. The van der Waals surface area contributed by atoms with Crippen LogP contribution in [-0.4, -0.2) is 0 Å². The maximum atomic E-state index is 2.45. The minimum Gasteiger partial charge on any atom is -0.310 e. The van der Waals surface area contributed by atoms with Gasteiger partial charge in [-0.1, -0.05) is 200 Å². The average molecular weight is 750 g/mol. The molecule has 0 spiro atoms. The molecule has 0 aliphatic heterocycles. The van der Waals surface area contributed by atoms with Gasteiger partial charge in [0.1, 0.15) is 0 Å². The van der Waals surface area contributed by atoms with E-state index in [1.165, 1.54) is 87.6 Å². The lowest BCUT2D eigenvalue weighted by atomic mass is 9.89. The summed E-state index contributed by atoms with van der Waals surface area (Å²) in [5, 5.41) is 10.1. The standard InChI is InChI=1S/C58H39N/c1-4-16-40(17-5-1)45-31-37-57(55(38-45)41-18-6-2-7-19-41)59(47-34-36-54-52-26-13-12-24-50(52)51-25-14-15-27-53(51)56(54)39-47)46-32-28-43(29-33-46)49-35-30-42-20-10-11-23-48(42)58(49)44-21-8-3-9-22-44/h1-39H. The van der Waals surface area contributed by atoms with E-state index < -0.39 is 0 Å². The van der Waals surface area contributed by atoms with Crippen molar-refractivity contribution in [3.8, 4) is 44.5 Å². The Labute approximate surface area is 344 Å². The molecule has 0 fully saturated rings. The molecule has 0 unspecified atom stereocenters. The highest BCUT2D eigenvalue weighted by Gasteiger charge is 2.21. The molecule has 11 aromatic carbocycles. The van der Waals surface area contributed by atoms with Crippen LogP contribution in [0.25, 0.3) is 87.6 Å². The van der Waals surface area contributed by atoms with Crippen molar-refractivity contribution >= 4 is 60.2 Å². The molecule has 1 nitrogen and oxygen atoms in total. The summed E-state index contributed by atoms with van der Waals surface area (Å²) in [6.07, 6.45) is 0. The summed E-state index contributed by atoms with van der Waals surface area (Å²) in [7, 11) is 0. The number of hydrogen-bond donors (Lipinski definition) is 0. The van der Waals surface area contributed by atoms with Crippen molar-refractivity contribution in [1.29, 1.82) is 0 Å². The van der Waals surface area contributed by atoms with Crippen LogP contribution in [-0.2, 0) is 0 Å². The van der Waals surface area contributed by atoms with Gasteiger partial charge < -0.3 is 4.90 Å². The number of benzene rings is 11. The van der Waals surface area contributed by atoms with Crippen LogP contribution >= 0.6 is 0 Å². The lowest BCUT2D eigenvalue weighted by Crippen LogP contribution is -2.11. The molecule has 0 saturated heterocycles. The molecule has 0 aliphatic rings. The number of hydrogen-bond acceptors (Lipinski definition) is 1. The van der Waals surface area contributed by atoms with Gasteiger partial charge in [-0.15, -0.1) is 0 Å². The summed E-state index contributed by atoms with van der Waals surface area (Å²) in [4.78, 5) is 2.45. The Hall–Kier alpha value is -7.74. The van der Waals surface area contributed by atoms with Crippen molar-refractivity contribution in [2.24, 2.45) is 0 Å². The molecular weight excluding hydrogens is 711 g/mol. The second-order valence-corrected chi connectivity index (χ2v) is 15.2. The number of nitrogens with zero attached hydrogens (tertiary/aromatic N) is 1. The molecular formula is C58H39N. The van der Waals surface area contributed by atoms with Crippen LogP contribution in [0.1, 0.15) is 0 Å². The van der Waals surface area contributed by atoms with E-state index >= 15 is 0 Å². The Morgan fingerprint density at radius 2 is 0.712 bits per heavy atom. The van der Waals surface area contributed by atoms with E-state index in [4.69, 9.17) is 0 Å². The topological polar surface area (TPSA) is 3.24 Å². The molecule has 0 radical (unpaired) electrons. The van der Waals surface area contributed by atoms with Crippen LogP contribution in [0.5, 0.6) is 0 Å². The van der Waals surface area contributed by atoms with Crippen molar-refractivity contribution in [1.82, 2.24) is 0 Å². The van der Waals surface area contributed by atoms with Crippen LogP contribution in [0.3, 0.4) is 0 Å². The Bertz CT molecular complexity index is 3260. The third-order valence-electron chi connectivity index (χ3n) is 11.8. The summed E-state index contributed by atoms with van der Waals surface area (Å²) in [6, 6.07) is 86.3. The predicted octanol–water partition coefficient (Wildman–Crippen LogP) is 16.4. The van der Waals surface area contributed by atoms with Gasteiger partial charge in [0.2, 0.25) is 0 Å². The van der Waals surface area contributed by atoms with Gasteiger partial charge >= 0.3 is 0 Å². The summed E-state index contributed by atoms with van der Waals surface area (Å²) < 4.78 is 0. The van der Waals surface area contributed by atoms with E-state index in [0.717, 1.165) is 17.1 Å². The van der Waals surface area contributed by atoms with Crippen molar-refractivity contribution < 1.29 is 0 Å². The quantitative estimate of drug-likeness (QED) is 0.147. The molecule has 0 aliphatic carbocycles. The number of anilines is 3. The van der Waals surface area contributed by atoms with Gasteiger partial charge in [-0.2, -0.15) is 0 Å².